The van der Waals surface area contributed by atoms with Crippen LogP contribution in [0.4, 0.5) is 5.82 Å². The molecular weight excluding hydrogens is 266 g/mol. The molecule has 0 unspecified atom stereocenters. The van der Waals surface area contributed by atoms with E-state index in [-0.39, 0.29) is 6.10 Å². The summed E-state index contributed by atoms with van der Waals surface area (Å²) in [7, 11) is 1.80. The van der Waals surface area contributed by atoms with Crippen molar-refractivity contribution in [1.82, 2.24) is 19.8 Å². The number of nitrogens with zero attached hydrogens (tertiary/aromatic N) is 4. The Hall–Kier alpha value is -1.69. The van der Waals surface area contributed by atoms with Crippen molar-refractivity contribution in [2.75, 3.05) is 12.4 Å². The average Bonchev–Trinajstić information content (AvgIpc) is 3.28. The number of hydrogen-bond acceptors (Lipinski definition) is 5. The number of ether oxygens (including phenoxy) is 1. The molecule has 0 aromatic carbocycles. The molecule has 2 aliphatic carbocycles. The summed E-state index contributed by atoms with van der Waals surface area (Å²) in [6.45, 7) is 0. The van der Waals surface area contributed by atoms with Gasteiger partial charge in [0.1, 0.15) is 5.82 Å². The molecule has 1 N–H and O–H groups in total. The predicted octanol–water partition coefficient (Wildman–Crippen LogP) is 2.37. The van der Waals surface area contributed by atoms with Crippen LogP contribution in [0, 0.1) is 0 Å². The van der Waals surface area contributed by atoms with Crippen LogP contribution >= 0.6 is 0 Å². The predicted molar refractivity (Wildman–Crippen MR) is 79.4 cm³/mol. The second-order valence-electron chi connectivity index (χ2n) is 6.13. The molecule has 2 atom stereocenters. The van der Waals surface area contributed by atoms with Gasteiger partial charge in [0.25, 0.3) is 0 Å². The van der Waals surface area contributed by atoms with Crippen LogP contribution in [0.2, 0.25) is 0 Å². The molecule has 2 heterocycles. The molecule has 0 bridgehead atoms. The molecule has 6 nitrogen and oxygen atoms in total. The van der Waals surface area contributed by atoms with E-state index < -0.39 is 0 Å². The Kier molecular flexibility index (Phi) is 3.25. The Bertz CT molecular complexity index is 636. The summed E-state index contributed by atoms with van der Waals surface area (Å²) in [6.07, 6.45) is 7.44. The molecule has 2 aromatic heterocycles. The van der Waals surface area contributed by atoms with Crippen LogP contribution in [0.5, 0.6) is 0 Å². The summed E-state index contributed by atoms with van der Waals surface area (Å²) in [5.74, 6) is 2.43. The fourth-order valence-electron chi connectivity index (χ4n) is 3.21. The maximum absolute atomic E-state index is 5.60. The number of fused-ring (bicyclic) bond motifs is 1. The second kappa shape index (κ2) is 5.26. The zero-order valence-corrected chi connectivity index (χ0v) is 12.3. The topological polar surface area (TPSA) is 64.3 Å². The molecule has 0 aliphatic heterocycles. The van der Waals surface area contributed by atoms with Gasteiger partial charge < -0.3 is 10.1 Å². The van der Waals surface area contributed by atoms with Crippen LogP contribution in [0.1, 0.15) is 50.3 Å². The van der Waals surface area contributed by atoms with E-state index in [2.05, 4.69) is 20.6 Å². The van der Waals surface area contributed by atoms with Gasteiger partial charge in [-0.25, -0.2) is 0 Å². The third-order valence-corrected chi connectivity index (χ3v) is 4.57. The number of nitrogens with one attached hydrogen (secondary N) is 1. The van der Waals surface area contributed by atoms with Crippen molar-refractivity contribution in [2.24, 2.45) is 0 Å². The Labute approximate surface area is 123 Å². The van der Waals surface area contributed by atoms with Crippen LogP contribution in [-0.4, -0.2) is 39.1 Å². The summed E-state index contributed by atoms with van der Waals surface area (Å²) >= 11 is 0. The molecule has 2 aliphatic rings. The van der Waals surface area contributed by atoms with E-state index in [1.807, 2.05) is 16.6 Å². The van der Waals surface area contributed by atoms with Crippen LogP contribution < -0.4 is 5.32 Å². The van der Waals surface area contributed by atoms with Gasteiger partial charge in [-0.05, 0) is 37.8 Å². The molecule has 6 heteroatoms. The monoisotopic (exact) mass is 287 g/mol. The molecule has 0 amide bonds. The van der Waals surface area contributed by atoms with Crippen LogP contribution in [-0.2, 0) is 4.74 Å². The van der Waals surface area contributed by atoms with Gasteiger partial charge in [-0.15, -0.1) is 15.3 Å². The summed E-state index contributed by atoms with van der Waals surface area (Å²) in [4.78, 5) is 0. The first kappa shape index (κ1) is 13.0. The van der Waals surface area contributed by atoms with E-state index >= 15 is 0 Å². The first-order valence-electron chi connectivity index (χ1n) is 7.87. The Morgan fingerprint density at radius 1 is 1.14 bits per heavy atom. The summed E-state index contributed by atoms with van der Waals surface area (Å²) < 4.78 is 7.49. The first-order valence-corrected chi connectivity index (χ1v) is 7.87. The van der Waals surface area contributed by atoms with Crippen LogP contribution in [0.25, 0.3) is 5.65 Å². The van der Waals surface area contributed by atoms with Gasteiger partial charge in [-0.3, -0.25) is 0 Å². The molecule has 112 valence electrons. The SMILES string of the molecule is CO[C@H]1CCCC[C@@H]1Nc1ccc2nnc(C3CC3)n2n1. The maximum Gasteiger partial charge on any atom is 0.178 e. The largest absolute Gasteiger partial charge is 0.379 e. The van der Waals surface area contributed by atoms with Crippen molar-refractivity contribution in [3.05, 3.63) is 18.0 Å². The van der Waals surface area contributed by atoms with Crippen molar-refractivity contribution >= 4 is 11.5 Å². The molecule has 4 rings (SSSR count). The van der Waals surface area contributed by atoms with E-state index in [1.165, 1.54) is 25.7 Å². The minimum Gasteiger partial charge on any atom is -0.379 e. The minimum absolute atomic E-state index is 0.278. The normalized spacial score (nSPS) is 26.1. The minimum atomic E-state index is 0.278. The number of hydrogen-bond donors (Lipinski definition) is 1. The van der Waals surface area contributed by atoms with E-state index in [0.717, 1.165) is 30.1 Å². The van der Waals surface area contributed by atoms with Gasteiger partial charge in [0.05, 0.1) is 12.1 Å². The Morgan fingerprint density at radius 2 is 2.00 bits per heavy atom. The lowest BCUT2D eigenvalue weighted by Crippen LogP contribution is -2.38. The van der Waals surface area contributed by atoms with Crippen LogP contribution in [0.15, 0.2) is 12.1 Å². The molecule has 0 radical (unpaired) electrons. The lowest BCUT2D eigenvalue weighted by molar-refractivity contribution is 0.0605. The Balaban J connectivity index is 1.59. The van der Waals surface area contributed by atoms with Gasteiger partial charge in [0.15, 0.2) is 11.5 Å². The number of methoxy groups -OCH3 is 1. The molecule has 2 aromatic rings. The van der Waals surface area contributed by atoms with Gasteiger partial charge in [-0.1, -0.05) is 12.8 Å². The highest BCUT2D eigenvalue weighted by atomic mass is 16.5. The van der Waals surface area contributed by atoms with Gasteiger partial charge in [-0.2, -0.15) is 4.52 Å². The first-order chi connectivity index (χ1) is 10.3. The fraction of sp³-hybridized carbons (Fsp3) is 0.667. The van der Waals surface area contributed by atoms with Crippen LogP contribution in [0.3, 0.4) is 0 Å². The average molecular weight is 287 g/mol. The van der Waals surface area contributed by atoms with E-state index in [4.69, 9.17) is 4.74 Å². The highest BCUT2D eigenvalue weighted by Gasteiger charge is 2.30. The van der Waals surface area contributed by atoms with Crippen molar-refractivity contribution < 1.29 is 4.74 Å². The molecular formula is C15H21N5O. The van der Waals surface area contributed by atoms with Crippen molar-refractivity contribution in [3.8, 4) is 0 Å². The fourth-order valence-corrected chi connectivity index (χ4v) is 3.21. The van der Waals surface area contributed by atoms with E-state index in [0.29, 0.717) is 12.0 Å². The zero-order chi connectivity index (χ0) is 14.2. The van der Waals surface area contributed by atoms with Gasteiger partial charge in [0.2, 0.25) is 0 Å². The summed E-state index contributed by atoms with van der Waals surface area (Å²) in [5.41, 5.74) is 0.828. The Morgan fingerprint density at radius 3 is 2.81 bits per heavy atom. The third-order valence-electron chi connectivity index (χ3n) is 4.57. The van der Waals surface area contributed by atoms with Crippen molar-refractivity contribution in [2.45, 2.75) is 56.6 Å². The smallest absolute Gasteiger partial charge is 0.178 e. The molecule has 21 heavy (non-hydrogen) atoms. The lowest BCUT2D eigenvalue weighted by atomic mass is 9.92. The zero-order valence-electron chi connectivity index (χ0n) is 12.3. The number of rotatable bonds is 4. The van der Waals surface area contributed by atoms with Gasteiger partial charge >= 0.3 is 0 Å². The van der Waals surface area contributed by atoms with E-state index in [9.17, 15) is 0 Å². The highest BCUT2D eigenvalue weighted by Crippen LogP contribution is 2.38. The molecule has 0 saturated heterocycles. The molecule has 2 fully saturated rings. The van der Waals surface area contributed by atoms with Crippen molar-refractivity contribution in [3.63, 3.8) is 0 Å². The lowest BCUT2D eigenvalue weighted by Gasteiger charge is -2.31. The molecule has 0 spiro atoms. The quantitative estimate of drug-likeness (QED) is 0.935. The summed E-state index contributed by atoms with van der Waals surface area (Å²) in [5, 5.41) is 16.7. The van der Waals surface area contributed by atoms with Gasteiger partial charge in [0, 0.05) is 13.0 Å². The third kappa shape index (κ3) is 2.48. The maximum atomic E-state index is 5.60. The highest BCUT2D eigenvalue weighted by molar-refractivity contribution is 5.45. The number of anilines is 1. The van der Waals surface area contributed by atoms with E-state index in [1.54, 1.807) is 7.11 Å². The standard InChI is InChI=1S/C15H21N5O/c1-21-12-5-3-2-4-11(12)16-13-8-9-14-17-18-15(10-6-7-10)20(14)19-13/h8-12H,2-7H2,1H3,(H,16,19)/t11-,12-/m0/s1. The second-order valence-corrected chi connectivity index (χ2v) is 6.13. The number of aromatic nitrogens is 4. The summed E-state index contributed by atoms with van der Waals surface area (Å²) in [6, 6.07) is 4.32. The molecule has 2 saturated carbocycles. The van der Waals surface area contributed by atoms with Crippen molar-refractivity contribution in [1.29, 1.82) is 0 Å².